The van der Waals surface area contributed by atoms with Gasteiger partial charge in [-0.1, -0.05) is 37.6 Å². The van der Waals surface area contributed by atoms with Crippen LogP contribution in [0, 0.1) is 0 Å². The van der Waals surface area contributed by atoms with Gasteiger partial charge in [0, 0.05) is 13.0 Å². The van der Waals surface area contributed by atoms with Crippen LogP contribution in [-0.2, 0) is 13.1 Å². The predicted molar refractivity (Wildman–Crippen MR) is 121 cm³/mol. The molecule has 8 nitrogen and oxygen atoms in total. The van der Waals surface area contributed by atoms with Crippen LogP contribution in [-0.4, -0.2) is 55.6 Å². The summed E-state index contributed by atoms with van der Waals surface area (Å²) in [6.45, 7) is 6.40. The number of benzene rings is 1. The molecule has 1 aliphatic rings. The molecule has 1 fully saturated rings. The van der Waals surface area contributed by atoms with Gasteiger partial charge >= 0.3 is 6.01 Å². The minimum Gasteiger partial charge on any atom is -0.463 e. The molecule has 1 atom stereocenters. The number of fused-ring (bicyclic) bond motifs is 1. The average molecular weight is 425 g/mol. The summed E-state index contributed by atoms with van der Waals surface area (Å²) >= 11 is 0. The van der Waals surface area contributed by atoms with Gasteiger partial charge in [-0.05, 0) is 43.5 Å². The van der Waals surface area contributed by atoms with Gasteiger partial charge in [-0.15, -0.1) is 0 Å². The Morgan fingerprint density at radius 3 is 2.48 bits per heavy atom. The van der Waals surface area contributed by atoms with Crippen LogP contribution in [0.3, 0.4) is 0 Å². The standard InChI is InChI=1S/C23H32N6O2/c1-2-5-19(30)10-13-31-23-26-21(24)20-14-25-29(22(20)27-23)16-18-8-6-17(7-9-18)15-28-11-3-4-12-28/h6-9,14,19,30H,2-5,10-13,15-16H2,1H3,(H2,24,26,27). The molecule has 0 amide bonds. The Balaban J connectivity index is 1.43. The Bertz CT molecular complexity index is 982. The number of nitrogen functional groups attached to an aromatic ring is 1. The Morgan fingerprint density at radius 2 is 1.77 bits per heavy atom. The van der Waals surface area contributed by atoms with E-state index in [1.165, 1.54) is 31.5 Å². The summed E-state index contributed by atoms with van der Waals surface area (Å²) in [5.41, 5.74) is 9.24. The molecule has 4 rings (SSSR count). The van der Waals surface area contributed by atoms with Crippen molar-refractivity contribution in [3.8, 4) is 6.01 Å². The highest BCUT2D eigenvalue weighted by molar-refractivity contribution is 5.85. The third-order valence-corrected chi connectivity index (χ3v) is 5.77. The lowest BCUT2D eigenvalue weighted by Gasteiger charge is -2.14. The molecule has 0 saturated carbocycles. The minimum absolute atomic E-state index is 0.219. The Hall–Kier alpha value is -2.71. The number of rotatable bonds is 10. The number of ether oxygens (including phenoxy) is 1. The fraction of sp³-hybridized carbons (Fsp3) is 0.522. The van der Waals surface area contributed by atoms with E-state index in [1.807, 2.05) is 11.6 Å². The van der Waals surface area contributed by atoms with Crippen molar-refractivity contribution in [1.82, 2.24) is 24.6 Å². The van der Waals surface area contributed by atoms with E-state index in [0.29, 0.717) is 36.4 Å². The van der Waals surface area contributed by atoms with Crippen molar-refractivity contribution in [3.05, 3.63) is 41.6 Å². The van der Waals surface area contributed by atoms with Crippen molar-refractivity contribution in [3.63, 3.8) is 0 Å². The normalized spacial score (nSPS) is 15.5. The van der Waals surface area contributed by atoms with Gasteiger partial charge in [0.25, 0.3) is 0 Å². The number of hydrogen-bond acceptors (Lipinski definition) is 7. The molecule has 0 aliphatic carbocycles. The van der Waals surface area contributed by atoms with E-state index < -0.39 is 0 Å². The lowest BCUT2D eigenvalue weighted by Crippen LogP contribution is -2.18. The van der Waals surface area contributed by atoms with E-state index in [-0.39, 0.29) is 12.1 Å². The average Bonchev–Trinajstić information content (AvgIpc) is 3.40. The zero-order valence-electron chi connectivity index (χ0n) is 18.2. The summed E-state index contributed by atoms with van der Waals surface area (Å²) in [6.07, 6.45) is 6.18. The van der Waals surface area contributed by atoms with Gasteiger partial charge in [-0.3, -0.25) is 4.90 Å². The van der Waals surface area contributed by atoms with Gasteiger partial charge < -0.3 is 15.6 Å². The third-order valence-electron chi connectivity index (χ3n) is 5.77. The van der Waals surface area contributed by atoms with E-state index in [2.05, 4.69) is 44.2 Å². The van der Waals surface area contributed by atoms with Crippen LogP contribution in [0.5, 0.6) is 6.01 Å². The molecule has 31 heavy (non-hydrogen) atoms. The maximum Gasteiger partial charge on any atom is 0.320 e. The zero-order valence-corrected chi connectivity index (χ0v) is 18.2. The van der Waals surface area contributed by atoms with Gasteiger partial charge in [0.2, 0.25) is 0 Å². The van der Waals surface area contributed by atoms with Crippen LogP contribution in [0.15, 0.2) is 30.5 Å². The highest BCUT2D eigenvalue weighted by Gasteiger charge is 2.14. The smallest absolute Gasteiger partial charge is 0.320 e. The van der Waals surface area contributed by atoms with Crippen LogP contribution < -0.4 is 10.5 Å². The number of aliphatic hydroxyl groups is 1. The molecular weight excluding hydrogens is 392 g/mol. The second kappa shape index (κ2) is 10.1. The van der Waals surface area contributed by atoms with E-state index >= 15 is 0 Å². The molecule has 0 radical (unpaired) electrons. The number of aromatic nitrogens is 4. The topological polar surface area (TPSA) is 102 Å². The number of aliphatic hydroxyl groups excluding tert-OH is 1. The van der Waals surface area contributed by atoms with Crippen molar-refractivity contribution in [2.75, 3.05) is 25.4 Å². The fourth-order valence-electron chi connectivity index (χ4n) is 4.02. The maximum atomic E-state index is 9.87. The molecule has 3 heterocycles. The van der Waals surface area contributed by atoms with E-state index in [1.54, 1.807) is 6.20 Å². The quantitative estimate of drug-likeness (QED) is 0.516. The first-order valence-electron chi connectivity index (χ1n) is 11.2. The lowest BCUT2D eigenvalue weighted by molar-refractivity contribution is 0.127. The summed E-state index contributed by atoms with van der Waals surface area (Å²) in [7, 11) is 0. The number of nitrogens with two attached hydrogens (primary N) is 1. The monoisotopic (exact) mass is 424 g/mol. The van der Waals surface area contributed by atoms with Gasteiger partial charge in [-0.2, -0.15) is 15.1 Å². The third kappa shape index (κ3) is 5.51. The summed E-state index contributed by atoms with van der Waals surface area (Å²) < 4.78 is 7.48. The van der Waals surface area contributed by atoms with Crippen LogP contribution in [0.2, 0.25) is 0 Å². The number of likely N-dealkylation sites (tertiary alicyclic amines) is 1. The molecule has 3 N–H and O–H groups in total. The second-order valence-electron chi connectivity index (χ2n) is 8.31. The Morgan fingerprint density at radius 1 is 1.06 bits per heavy atom. The van der Waals surface area contributed by atoms with Crippen molar-refractivity contribution < 1.29 is 9.84 Å². The Labute approximate surface area is 183 Å². The number of hydrogen-bond donors (Lipinski definition) is 2. The van der Waals surface area contributed by atoms with Crippen LogP contribution in [0.25, 0.3) is 11.0 Å². The molecule has 0 bridgehead atoms. The van der Waals surface area contributed by atoms with Gasteiger partial charge in [0.1, 0.15) is 5.82 Å². The van der Waals surface area contributed by atoms with Gasteiger partial charge in [-0.25, -0.2) is 4.68 Å². The van der Waals surface area contributed by atoms with Crippen LogP contribution >= 0.6 is 0 Å². The summed E-state index contributed by atoms with van der Waals surface area (Å²) in [5.74, 6) is 0.348. The SMILES string of the molecule is CCCC(O)CCOc1nc(N)c2cnn(Cc3ccc(CN4CCCC4)cc3)c2n1. The number of anilines is 1. The van der Waals surface area contributed by atoms with E-state index in [0.717, 1.165) is 24.9 Å². The first-order valence-corrected chi connectivity index (χ1v) is 11.2. The molecule has 166 valence electrons. The molecule has 8 heteroatoms. The molecule has 1 unspecified atom stereocenters. The summed E-state index contributed by atoms with van der Waals surface area (Å²) in [5, 5.41) is 15.0. The lowest BCUT2D eigenvalue weighted by atomic mass is 10.1. The molecule has 3 aromatic rings. The highest BCUT2D eigenvalue weighted by Crippen LogP contribution is 2.22. The fourth-order valence-corrected chi connectivity index (χ4v) is 4.02. The van der Waals surface area contributed by atoms with E-state index in [4.69, 9.17) is 10.5 Å². The molecular formula is C23H32N6O2. The minimum atomic E-state index is -0.370. The van der Waals surface area contributed by atoms with Crippen LogP contribution in [0.1, 0.15) is 50.2 Å². The first-order chi connectivity index (χ1) is 15.1. The van der Waals surface area contributed by atoms with Crippen molar-refractivity contribution in [2.45, 2.75) is 58.2 Å². The van der Waals surface area contributed by atoms with Crippen molar-refractivity contribution >= 4 is 16.9 Å². The highest BCUT2D eigenvalue weighted by atomic mass is 16.5. The maximum absolute atomic E-state index is 9.87. The number of nitrogens with zero attached hydrogens (tertiary/aromatic N) is 5. The summed E-state index contributed by atoms with van der Waals surface area (Å²) in [6, 6.07) is 8.90. The van der Waals surface area contributed by atoms with Gasteiger partial charge in [0.05, 0.1) is 30.8 Å². The molecule has 0 spiro atoms. The molecule has 1 aromatic carbocycles. The van der Waals surface area contributed by atoms with Crippen molar-refractivity contribution in [2.24, 2.45) is 0 Å². The summed E-state index contributed by atoms with van der Waals surface area (Å²) in [4.78, 5) is 11.2. The molecule has 2 aromatic heterocycles. The zero-order chi connectivity index (χ0) is 21.6. The molecule has 1 aliphatic heterocycles. The van der Waals surface area contributed by atoms with Gasteiger partial charge in [0.15, 0.2) is 5.65 Å². The van der Waals surface area contributed by atoms with Crippen LogP contribution in [0.4, 0.5) is 5.82 Å². The van der Waals surface area contributed by atoms with Crippen molar-refractivity contribution in [1.29, 1.82) is 0 Å². The largest absolute Gasteiger partial charge is 0.463 e. The predicted octanol–water partition coefficient (Wildman–Crippen LogP) is 2.98. The van der Waals surface area contributed by atoms with E-state index in [9.17, 15) is 5.11 Å². The molecule has 1 saturated heterocycles. The Kier molecular flexibility index (Phi) is 6.99. The first kappa shape index (κ1) is 21.5. The second-order valence-corrected chi connectivity index (χ2v) is 8.31.